The van der Waals surface area contributed by atoms with E-state index in [9.17, 15) is 8.42 Å². The number of sulfonamides is 1. The number of hydrogen-bond donors (Lipinski definition) is 2. The van der Waals surface area contributed by atoms with Crippen molar-refractivity contribution in [1.82, 2.24) is 4.72 Å². The first-order valence-electron chi connectivity index (χ1n) is 7.27. The molecule has 0 radical (unpaired) electrons. The van der Waals surface area contributed by atoms with Gasteiger partial charge in [0.1, 0.15) is 10.6 Å². The highest BCUT2D eigenvalue weighted by molar-refractivity contribution is 7.89. The summed E-state index contributed by atoms with van der Waals surface area (Å²) in [7, 11) is -2.11. The summed E-state index contributed by atoms with van der Waals surface area (Å²) in [6.07, 6.45) is 2.95. The lowest BCUT2D eigenvalue weighted by molar-refractivity contribution is 0.402. The van der Waals surface area contributed by atoms with Gasteiger partial charge in [0.25, 0.3) is 0 Å². The molecule has 0 amide bonds. The number of nitrogens with two attached hydrogens (primary N) is 1. The van der Waals surface area contributed by atoms with Crippen molar-refractivity contribution >= 4 is 10.0 Å². The van der Waals surface area contributed by atoms with Gasteiger partial charge in [-0.2, -0.15) is 0 Å². The molecule has 0 aliphatic rings. The third-order valence-electron chi connectivity index (χ3n) is 3.25. The van der Waals surface area contributed by atoms with Crippen LogP contribution in [0.15, 0.2) is 23.1 Å². The van der Waals surface area contributed by atoms with E-state index in [1.807, 2.05) is 0 Å². The van der Waals surface area contributed by atoms with E-state index in [-0.39, 0.29) is 4.90 Å². The van der Waals surface area contributed by atoms with E-state index in [1.165, 1.54) is 7.11 Å². The van der Waals surface area contributed by atoms with Crippen molar-refractivity contribution in [3.63, 3.8) is 0 Å². The first-order valence-corrected chi connectivity index (χ1v) is 8.75. The lowest BCUT2D eigenvalue weighted by Gasteiger charge is -2.12. The van der Waals surface area contributed by atoms with E-state index < -0.39 is 10.0 Å². The van der Waals surface area contributed by atoms with Gasteiger partial charge < -0.3 is 10.5 Å². The molecule has 0 aliphatic carbocycles. The van der Waals surface area contributed by atoms with Gasteiger partial charge >= 0.3 is 0 Å². The van der Waals surface area contributed by atoms with Gasteiger partial charge in [0.2, 0.25) is 10.0 Å². The van der Waals surface area contributed by atoms with Gasteiger partial charge in [-0.1, -0.05) is 32.8 Å². The molecule has 0 fully saturated rings. The van der Waals surface area contributed by atoms with E-state index in [1.54, 1.807) is 18.2 Å². The molecule has 1 aromatic rings. The van der Waals surface area contributed by atoms with Crippen molar-refractivity contribution in [2.24, 2.45) is 11.7 Å². The Bertz CT molecular complexity index is 542. The topological polar surface area (TPSA) is 81.4 Å². The van der Waals surface area contributed by atoms with E-state index in [0.717, 1.165) is 24.8 Å². The Hall–Kier alpha value is -1.11. The van der Waals surface area contributed by atoms with Crippen LogP contribution in [0.3, 0.4) is 0 Å². The minimum Gasteiger partial charge on any atom is -0.495 e. The molecule has 0 unspecified atom stereocenters. The second-order valence-corrected chi connectivity index (χ2v) is 7.21. The van der Waals surface area contributed by atoms with E-state index in [2.05, 4.69) is 18.6 Å². The Morgan fingerprint density at radius 1 is 1.29 bits per heavy atom. The quantitative estimate of drug-likeness (QED) is 0.685. The fourth-order valence-corrected chi connectivity index (χ4v) is 3.31. The molecule has 0 atom stereocenters. The lowest BCUT2D eigenvalue weighted by atomic mass is 10.1. The first kappa shape index (κ1) is 17.9. The highest BCUT2D eigenvalue weighted by Gasteiger charge is 2.19. The Morgan fingerprint density at radius 3 is 2.57 bits per heavy atom. The first-order chi connectivity index (χ1) is 9.90. The maximum absolute atomic E-state index is 12.3. The van der Waals surface area contributed by atoms with Crippen LogP contribution in [-0.4, -0.2) is 22.1 Å². The van der Waals surface area contributed by atoms with Crippen LogP contribution in [0.2, 0.25) is 0 Å². The van der Waals surface area contributed by atoms with E-state index >= 15 is 0 Å². The number of nitrogens with one attached hydrogen (secondary N) is 1. The van der Waals surface area contributed by atoms with Crippen LogP contribution < -0.4 is 15.2 Å². The zero-order valence-corrected chi connectivity index (χ0v) is 13.9. The second kappa shape index (κ2) is 8.36. The highest BCUT2D eigenvalue weighted by atomic mass is 32.2. The molecular weight excluding hydrogens is 288 g/mol. The van der Waals surface area contributed by atoms with Crippen LogP contribution in [-0.2, 0) is 16.6 Å². The van der Waals surface area contributed by atoms with Crippen LogP contribution in [0.5, 0.6) is 5.75 Å². The van der Waals surface area contributed by atoms with Crippen LogP contribution >= 0.6 is 0 Å². The largest absolute Gasteiger partial charge is 0.495 e. The Kier molecular flexibility index (Phi) is 7.14. The second-order valence-electron chi connectivity index (χ2n) is 5.48. The predicted octanol–water partition coefficient (Wildman–Crippen LogP) is 2.26. The number of unbranched alkanes of at least 4 members (excludes halogenated alkanes) is 1. The Balaban J connectivity index is 2.73. The Labute approximate surface area is 127 Å². The summed E-state index contributed by atoms with van der Waals surface area (Å²) < 4.78 is 32.4. The summed E-state index contributed by atoms with van der Waals surface area (Å²) in [5.74, 6) is 0.977. The zero-order valence-electron chi connectivity index (χ0n) is 13.1. The molecule has 1 aromatic carbocycles. The van der Waals surface area contributed by atoms with Gasteiger partial charge in [-0.15, -0.1) is 0 Å². The van der Waals surface area contributed by atoms with Gasteiger partial charge in [-0.05, 0) is 30.0 Å². The molecule has 0 saturated heterocycles. The molecule has 120 valence electrons. The van der Waals surface area contributed by atoms with E-state index in [0.29, 0.717) is 24.8 Å². The molecule has 1 rings (SSSR count). The van der Waals surface area contributed by atoms with Gasteiger partial charge in [-0.25, -0.2) is 13.1 Å². The van der Waals surface area contributed by atoms with Crippen molar-refractivity contribution in [2.45, 2.75) is 44.6 Å². The summed E-state index contributed by atoms with van der Waals surface area (Å²) in [4.78, 5) is 0.150. The van der Waals surface area contributed by atoms with Crippen molar-refractivity contribution in [1.29, 1.82) is 0 Å². The highest BCUT2D eigenvalue weighted by Crippen LogP contribution is 2.24. The van der Waals surface area contributed by atoms with Crippen LogP contribution in [0, 0.1) is 5.92 Å². The van der Waals surface area contributed by atoms with E-state index in [4.69, 9.17) is 10.5 Å². The zero-order chi connectivity index (χ0) is 15.9. The SMILES string of the molecule is COc1ccc(CN)cc1S(=O)(=O)NCCCCC(C)C. The molecule has 0 spiro atoms. The van der Waals surface area contributed by atoms with Gasteiger partial charge in [0.05, 0.1) is 7.11 Å². The Morgan fingerprint density at radius 2 is 2.00 bits per heavy atom. The normalized spacial score (nSPS) is 11.9. The third kappa shape index (κ3) is 5.65. The summed E-state index contributed by atoms with van der Waals surface area (Å²) >= 11 is 0. The molecule has 21 heavy (non-hydrogen) atoms. The minimum absolute atomic E-state index is 0.150. The molecule has 0 heterocycles. The lowest BCUT2D eigenvalue weighted by Crippen LogP contribution is -2.25. The van der Waals surface area contributed by atoms with Crippen molar-refractivity contribution in [2.75, 3.05) is 13.7 Å². The monoisotopic (exact) mass is 314 g/mol. The molecule has 5 nitrogen and oxygen atoms in total. The summed E-state index contributed by atoms with van der Waals surface area (Å²) in [5.41, 5.74) is 6.33. The average Bonchev–Trinajstić information content (AvgIpc) is 2.45. The fourth-order valence-electron chi connectivity index (χ4n) is 2.02. The summed E-state index contributed by atoms with van der Waals surface area (Å²) in [6.45, 7) is 5.05. The molecule has 0 saturated carbocycles. The average molecular weight is 314 g/mol. The summed E-state index contributed by atoms with van der Waals surface area (Å²) in [6, 6.07) is 4.96. The van der Waals surface area contributed by atoms with Crippen molar-refractivity contribution in [3.05, 3.63) is 23.8 Å². The maximum atomic E-state index is 12.3. The molecule has 3 N–H and O–H groups in total. The van der Waals surface area contributed by atoms with Crippen LogP contribution in [0.1, 0.15) is 38.7 Å². The molecule has 0 aliphatic heterocycles. The number of benzene rings is 1. The number of methoxy groups -OCH3 is 1. The third-order valence-corrected chi connectivity index (χ3v) is 4.74. The van der Waals surface area contributed by atoms with Gasteiger partial charge in [0, 0.05) is 13.1 Å². The maximum Gasteiger partial charge on any atom is 0.244 e. The van der Waals surface area contributed by atoms with Crippen LogP contribution in [0.4, 0.5) is 0 Å². The number of hydrogen-bond acceptors (Lipinski definition) is 4. The van der Waals surface area contributed by atoms with Crippen LogP contribution in [0.25, 0.3) is 0 Å². The smallest absolute Gasteiger partial charge is 0.244 e. The molecular formula is C15H26N2O3S. The molecule has 0 aromatic heterocycles. The van der Waals surface area contributed by atoms with Crippen molar-refractivity contribution < 1.29 is 13.2 Å². The molecule has 0 bridgehead atoms. The van der Waals surface area contributed by atoms with Gasteiger partial charge in [-0.3, -0.25) is 0 Å². The number of ether oxygens (including phenoxy) is 1. The summed E-state index contributed by atoms with van der Waals surface area (Å²) in [5, 5.41) is 0. The molecule has 6 heteroatoms. The minimum atomic E-state index is -3.57. The standard InChI is InChI=1S/C15H26N2O3S/c1-12(2)6-4-5-9-17-21(18,19)15-10-13(11-16)7-8-14(15)20-3/h7-8,10,12,17H,4-6,9,11,16H2,1-3H3. The fraction of sp³-hybridized carbons (Fsp3) is 0.600. The number of rotatable bonds is 9. The van der Waals surface area contributed by atoms with Crippen molar-refractivity contribution in [3.8, 4) is 5.75 Å². The predicted molar refractivity (Wildman–Crippen MR) is 84.8 cm³/mol. The van der Waals surface area contributed by atoms with Gasteiger partial charge in [0.15, 0.2) is 0 Å².